The van der Waals surface area contributed by atoms with E-state index in [1.54, 1.807) is 23.7 Å². The summed E-state index contributed by atoms with van der Waals surface area (Å²) in [7, 11) is 0. The van der Waals surface area contributed by atoms with E-state index < -0.39 is 0 Å². The van der Waals surface area contributed by atoms with Gasteiger partial charge in [0.15, 0.2) is 0 Å². The number of fused-ring (bicyclic) bond motifs is 2. The predicted molar refractivity (Wildman–Crippen MR) is 110 cm³/mol. The summed E-state index contributed by atoms with van der Waals surface area (Å²) in [5.41, 5.74) is 2.03. The van der Waals surface area contributed by atoms with Crippen LogP contribution in [0.1, 0.15) is 23.3 Å². The van der Waals surface area contributed by atoms with Gasteiger partial charge in [-0.05, 0) is 30.9 Å². The van der Waals surface area contributed by atoms with Crippen LogP contribution >= 0.6 is 11.3 Å². The first kappa shape index (κ1) is 19.1. The Morgan fingerprint density at radius 2 is 1.97 bits per heavy atom. The van der Waals surface area contributed by atoms with Crippen LogP contribution < -0.4 is 0 Å². The maximum Gasteiger partial charge on any atom is 0.236 e. The van der Waals surface area contributed by atoms with E-state index in [9.17, 15) is 4.79 Å². The van der Waals surface area contributed by atoms with Gasteiger partial charge in [0, 0.05) is 43.4 Å². The summed E-state index contributed by atoms with van der Waals surface area (Å²) in [4.78, 5) is 28.1. The van der Waals surface area contributed by atoms with Gasteiger partial charge in [0.1, 0.15) is 5.60 Å². The average molecular weight is 415 g/mol. The molecule has 0 aliphatic carbocycles. The molecule has 2 saturated heterocycles. The molecule has 0 bridgehead atoms. The lowest BCUT2D eigenvalue weighted by atomic mass is 9.85. The van der Waals surface area contributed by atoms with Crippen LogP contribution in [0.3, 0.4) is 0 Å². The molecule has 2 aromatic rings. The summed E-state index contributed by atoms with van der Waals surface area (Å²) in [5.74, 6) is 0.226. The summed E-state index contributed by atoms with van der Waals surface area (Å²) < 4.78 is 11.7. The molecule has 0 N–H and O–H groups in total. The van der Waals surface area contributed by atoms with Crippen molar-refractivity contribution < 1.29 is 14.3 Å². The number of carbonyl (C=O) groups excluding carboxylic acids is 1. The maximum atomic E-state index is 12.8. The van der Waals surface area contributed by atoms with Crippen molar-refractivity contribution in [3.8, 4) is 10.6 Å². The van der Waals surface area contributed by atoms with Gasteiger partial charge in [0.2, 0.25) is 5.91 Å². The Bertz CT molecular complexity index is 858. The van der Waals surface area contributed by atoms with Crippen molar-refractivity contribution in [2.75, 3.05) is 52.5 Å². The zero-order valence-electron chi connectivity index (χ0n) is 16.5. The van der Waals surface area contributed by atoms with Crippen molar-refractivity contribution in [2.24, 2.45) is 0 Å². The van der Waals surface area contributed by atoms with Crippen LogP contribution in [-0.2, 0) is 26.3 Å². The van der Waals surface area contributed by atoms with E-state index in [1.807, 2.05) is 11.1 Å². The number of piperidine rings is 1. The summed E-state index contributed by atoms with van der Waals surface area (Å²) in [6, 6.07) is 2.25. The number of amides is 1. The first-order chi connectivity index (χ1) is 14.2. The Hall–Kier alpha value is -1.87. The summed E-state index contributed by atoms with van der Waals surface area (Å²) in [6.45, 7) is 5.87. The van der Waals surface area contributed by atoms with Gasteiger partial charge < -0.3 is 14.4 Å². The van der Waals surface area contributed by atoms with E-state index in [2.05, 4.69) is 20.9 Å². The van der Waals surface area contributed by atoms with E-state index in [0.717, 1.165) is 75.8 Å². The molecule has 5 rings (SSSR count). The Balaban J connectivity index is 1.29. The quantitative estimate of drug-likeness (QED) is 0.765. The van der Waals surface area contributed by atoms with Crippen LogP contribution in [0.4, 0.5) is 0 Å². The van der Waals surface area contributed by atoms with Gasteiger partial charge in [-0.3, -0.25) is 19.7 Å². The number of hydrogen-bond acceptors (Lipinski definition) is 7. The third-order valence-electron chi connectivity index (χ3n) is 6.17. The van der Waals surface area contributed by atoms with Crippen LogP contribution in [0.15, 0.2) is 24.7 Å². The molecule has 1 spiro atoms. The van der Waals surface area contributed by atoms with Gasteiger partial charge in [0.25, 0.3) is 0 Å². The molecule has 3 aliphatic heterocycles. The van der Waals surface area contributed by atoms with Crippen LogP contribution in [0.2, 0.25) is 0 Å². The highest BCUT2D eigenvalue weighted by atomic mass is 32.1. The molecule has 5 heterocycles. The molecule has 8 heteroatoms. The van der Waals surface area contributed by atoms with Gasteiger partial charge in [-0.2, -0.15) is 0 Å². The molecular weight excluding hydrogens is 388 g/mol. The Morgan fingerprint density at radius 3 is 2.72 bits per heavy atom. The Kier molecular flexibility index (Phi) is 5.34. The number of aromatic nitrogens is 2. The molecule has 3 aliphatic rings. The highest BCUT2D eigenvalue weighted by molar-refractivity contribution is 7.15. The number of likely N-dealkylation sites (tertiary alicyclic amines) is 1. The molecular formula is C21H26N4O3S. The van der Waals surface area contributed by atoms with Crippen molar-refractivity contribution in [1.29, 1.82) is 0 Å². The van der Waals surface area contributed by atoms with Crippen molar-refractivity contribution >= 4 is 17.2 Å². The lowest BCUT2D eigenvalue weighted by Crippen LogP contribution is -2.51. The summed E-state index contributed by atoms with van der Waals surface area (Å²) in [5, 5.41) is 0. The first-order valence-electron chi connectivity index (χ1n) is 10.3. The van der Waals surface area contributed by atoms with Gasteiger partial charge in [-0.15, -0.1) is 11.3 Å². The normalized spacial score (nSPS) is 21.9. The number of morpholine rings is 1. The van der Waals surface area contributed by atoms with E-state index in [1.165, 1.54) is 10.4 Å². The molecule has 0 radical (unpaired) electrons. The largest absolute Gasteiger partial charge is 0.379 e. The van der Waals surface area contributed by atoms with Crippen molar-refractivity contribution in [1.82, 2.24) is 19.8 Å². The molecule has 29 heavy (non-hydrogen) atoms. The third-order valence-corrected chi connectivity index (χ3v) is 7.56. The van der Waals surface area contributed by atoms with Crippen molar-refractivity contribution in [3.05, 3.63) is 35.1 Å². The topological polar surface area (TPSA) is 67.8 Å². The van der Waals surface area contributed by atoms with E-state index >= 15 is 0 Å². The summed E-state index contributed by atoms with van der Waals surface area (Å²) in [6.07, 6.45) is 7.90. The smallest absolute Gasteiger partial charge is 0.236 e. The van der Waals surface area contributed by atoms with Crippen LogP contribution in [0.25, 0.3) is 10.6 Å². The first-order valence-corrected chi connectivity index (χ1v) is 11.2. The minimum absolute atomic E-state index is 0.226. The molecule has 0 atom stereocenters. The van der Waals surface area contributed by atoms with Crippen LogP contribution in [0.5, 0.6) is 0 Å². The highest BCUT2D eigenvalue weighted by Crippen LogP contribution is 2.47. The SMILES string of the molecule is O=C(CN1CCOCC1)N1CCC2(CC1)OCCc1cc(-c3cnccn3)sc12. The molecule has 154 valence electrons. The zero-order valence-corrected chi connectivity index (χ0v) is 17.3. The minimum atomic E-state index is -0.256. The van der Waals surface area contributed by atoms with E-state index in [0.29, 0.717) is 6.54 Å². The predicted octanol–water partition coefficient (Wildman–Crippen LogP) is 1.93. The third kappa shape index (κ3) is 3.82. The molecule has 0 aromatic carbocycles. The fourth-order valence-electron chi connectivity index (χ4n) is 4.51. The Labute approximate surface area is 174 Å². The van der Waals surface area contributed by atoms with Crippen LogP contribution in [-0.4, -0.2) is 78.2 Å². The molecule has 1 amide bonds. The highest BCUT2D eigenvalue weighted by Gasteiger charge is 2.43. The van der Waals surface area contributed by atoms with E-state index in [4.69, 9.17) is 9.47 Å². The molecule has 2 fully saturated rings. The van der Waals surface area contributed by atoms with Gasteiger partial charge in [-0.1, -0.05) is 0 Å². The van der Waals surface area contributed by atoms with Crippen molar-refractivity contribution in [2.45, 2.75) is 24.9 Å². The lowest BCUT2D eigenvalue weighted by molar-refractivity contribution is -0.142. The van der Waals surface area contributed by atoms with Gasteiger partial charge >= 0.3 is 0 Å². The standard InChI is InChI=1S/C21H26N4O3S/c26-19(15-24-8-11-27-12-9-24)25-6-2-21(3-7-25)20-16(1-10-28-21)13-18(29-20)17-14-22-4-5-23-17/h4-5,13-14H,1-3,6-12,15H2. The second-order valence-electron chi connectivity index (χ2n) is 7.92. The van der Waals surface area contributed by atoms with Gasteiger partial charge in [-0.25, -0.2) is 0 Å². The fraction of sp³-hybridized carbons (Fsp3) is 0.571. The number of thiophene rings is 1. The second kappa shape index (κ2) is 8.10. The van der Waals surface area contributed by atoms with E-state index in [-0.39, 0.29) is 11.5 Å². The fourth-order valence-corrected chi connectivity index (χ4v) is 5.89. The monoisotopic (exact) mass is 414 g/mol. The number of ether oxygens (including phenoxy) is 2. The molecule has 0 unspecified atom stereocenters. The zero-order chi connectivity index (χ0) is 19.7. The number of nitrogens with zero attached hydrogens (tertiary/aromatic N) is 4. The number of rotatable bonds is 3. The second-order valence-corrected chi connectivity index (χ2v) is 8.97. The van der Waals surface area contributed by atoms with Gasteiger partial charge in [0.05, 0.1) is 43.1 Å². The maximum absolute atomic E-state index is 12.8. The lowest BCUT2D eigenvalue weighted by Gasteiger charge is -2.44. The number of carbonyl (C=O) groups is 1. The molecule has 7 nitrogen and oxygen atoms in total. The number of hydrogen-bond donors (Lipinski definition) is 0. The summed E-state index contributed by atoms with van der Waals surface area (Å²) >= 11 is 1.78. The minimum Gasteiger partial charge on any atom is -0.379 e. The Morgan fingerprint density at radius 1 is 1.14 bits per heavy atom. The average Bonchev–Trinajstić information content (AvgIpc) is 3.22. The van der Waals surface area contributed by atoms with Crippen LogP contribution in [0, 0.1) is 0 Å². The molecule has 0 saturated carbocycles. The molecule has 2 aromatic heterocycles. The van der Waals surface area contributed by atoms with Crippen molar-refractivity contribution in [3.63, 3.8) is 0 Å².